The van der Waals surface area contributed by atoms with Crippen molar-refractivity contribution in [2.24, 2.45) is 5.73 Å². The Bertz CT molecular complexity index is 475. The maximum absolute atomic E-state index is 12.2. The summed E-state index contributed by atoms with van der Waals surface area (Å²) >= 11 is 0. The van der Waals surface area contributed by atoms with Gasteiger partial charge in [0.25, 0.3) is 0 Å². The van der Waals surface area contributed by atoms with Crippen molar-refractivity contribution >= 4 is 5.97 Å². The standard InChI is InChI=1S/C11H13F3N2O3/c1-6-7(4-9(17)18-2)3-8(5-15)16-10(6)19-11(12,13)14/h3H,4-5,15H2,1-2H3. The van der Waals surface area contributed by atoms with Gasteiger partial charge in [0.2, 0.25) is 5.88 Å². The van der Waals surface area contributed by atoms with Crippen LogP contribution in [0.1, 0.15) is 16.8 Å². The molecule has 0 amide bonds. The lowest BCUT2D eigenvalue weighted by Crippen LogP contribution is -2.20. The van der Waals surface area contributed by atoms with Crippen molar-refractivity contribution in [3.8, 4) is 5.88 Å². The monoisotopic (exact) mass is 278 g/mol. The number of esters is 1. The maximum Gasteiger partial charge on any atom is 0.574 e. The van der Waals surface area contributed by atoms with Gasteiger partial charge in [0.15, 0.2) is 0 Å². The molecule has 0 aromatic carbocycles. The number of carbonyl (C=O) groups is 1. The molecule has 19 heavy (non-hydrogen) atoms. The second-order valence-electron chi connectivity index (χ2n) is 3.71. The van der Waals surface area contributed by atoms with Crippen LogP contribution >= 0.6 is 0 Å². The van der Waals surface area contributed by atoms with E-state index in [-0.39, 0.29) is 24.2 Å². The number of methoxy groups -OCH3 is 1. The Morgan fingerprint density at radius 1 is 1.47 bits per heavy atom. The van der Waals surface area contributed by atoms with Crippen LogP contribution in [0.15, 0.2) is 6.07 Å². The summed E-state index contributed by atoms with van der Waals surface area (Å²) in [6, 6.07) is 1.45. The average molecular weight is 278 g/mol. The number of hydrogen-bond donors (Lipinski definition) is 1. The van der Waals surface area contributed by atoms with Crippen LogP contribution < -0.4 is 10.5 Å². The zero-order chi connectivity index (χ0) is 14.6. The molecule has 0 saturated heterocycles. The predicted octanol–water partition coefficient (Wildman–Crippen LogP) is 1.46. The molecule has 1 aromatic rings. The van der Waals surface area contributed by atoms with E-state index >= 15 is 0 Å². The third-order valence-corrected chi connectivity index (χ3v) is 2.37. The smallest absolute Gasteiger partial charge is 0.469 e. The van der Waals surface area contributed by atoms with Gasteiger partial charge in [-0.3, -0.25) is 4.79 Å². The van der Waals surface area contributed by atoms with Gasteiger partial charge in [0.1, 0.15) is 0 Å². The Hall–Kier alpha value is -1.83. The molecule has 0 aliphatic carbocycles. The third kappa shape index (κ3) is 4.40. The molecule has 1 aromatic heterocycles. The molecule has 0 saturated carbocycles. The highest BCUT2D eigenvalue weighted by Gasteiger charge is 2.33. The van der Waals surface area contributed by atoms with Gasteiger partial charge in [-0.05, 0) is 18.6 Å². The molecular weight excluding hydrogens is 265 g/mol. The molecule has 0 atom stereocenters. The van der Waals surface area contributed by atoms with Crippen molar-refractivity contribution in [3.63, 3.8) is 0 Å². The van der Waals surface area contributed by atoms with Crippen LogP contribution in [0.5, 0.6) is 5.88 Å². The van der Waals surface area contributed by atoms with Gasteiger partial charge in [-0.25, -0.2) is 4.98 Å². The molecule has 0 radical (unpaired) electrons. The summed E-state index contributed by atoms with van der Waals surface area (Å²) < 4.78 is 45.0. The molecule has 0 aliphatic rings. The van der Waals surface area contributed by atoms with E-state index < -0.39 is 18.2 Å². The highest BCUT2D eigenvalue weighted by Crippen LogP contribution is 2.27. The van der Waals surface area contributed by atoms with Gasteiger partial charge in [0, 0.05) is 12.1 Å². The molecule has 106 valence electrons. The van der Waals surface area contributed by atoms with E-state index in [1.165, 1.54) is 20.1 Å². The van der Waals surface area contributed by atoms with Gasteiger partial charge in [-0.2, -0.15) is 0 Å². The number of ether oxygens (including phenoxy) is 2. The van der Waals surface area contributed by atoms with Crippen molar-refractivity contribution in [1.82, 2.24) is 4.98 Å². The second kappa shape index (κ2) is 5.87. The topological polar surface area (TPSA) is 74.4 Å². The Balaban J connectivity index is 3.17. The highest BCUT2D eigenvalue weighted by molar-refractivity contribution is 5.73. The molecule has 1 heterocycles. The minimum Gasteiger partial charge on any atom is -0.469 e. The zero-order valence-corrected chi connectivity index (χ0v) is 10.4. The van der Waals surface area contributed by atoms with E-state index in [2.05, 4.69) is 14.5 Å². The van der Waals surface area contributed by atoms with Gasteiger partial charge < -0.3 is 15.2 Å². The molecule has 2 N–H and O–H groups in total. The fourth-order valence-corrected chi connectivity index (χ4v) is 1.42. The zero-order valence-electron chi connectivity index (χ0n) is 10.4. The van der Waals surface area contributed by atoms with Crippen LogP contribution in [0.3, 0.4) is 0 Å². The van der Waals surface area contributed by atoms with Crippen molar-refractivity contribution in [1.29, 1.82) is 0 Å². The Labute approximate surface area is 107 Å². The Kier molecular flexibility index (Phi) is 4.71. The van der Waals surface area contributed by atoms with E-state index in [4.69, 9.17) is 5.73 Å². The fraction of sp³-hybridized carbons (Fsp3) is 0.455. The van der Waals surface area contributed by atoms with Crippen molar-refractivity contribution < 1.29 is 27.4 Å². The summed E-state index contributed by atoms with van der Waals surface area (Å²) in [5.74, 6) is -1.18. The predicted molar refractivity (Wildman–Crippen MR) is 59.3 cm³/mol. The molecule has 0 aliphatic heterocycles. The van der Waals surface area contributed by atoms with Gasteiger partial charge in [-0.15, -0.1) is 13.2 Å². The van der Waals surface area contributed by atoms with Crippen molar-refractivity contribution in [3.05, 3.63) is 22.9 Å². The molecule has 1 rings (SSSR count). The van der Waals surface area contributed by atoms with Crippen molar-refractivity contribution in [2.45, 2.75) is 26.3 Å². The first-order valence-corrected chi connectivity index (χ1v) is 5.29. The number of aromatic nitrogens is 1. The van der Waals surface area contributed by atoms with Crippen LogP contribution in [-0.4, -0.2) is 24.4 Å². The van der Waals surface area contributed by atoms with E-state index in [1.54, 1.807) is 0 Å². The first-order chi connectivity index (χ1) is 8.76. The SMILES string of the molecule is COC(=O)Cc1cc(CN)nc(OC(F)(F)F)c1C. The van der Waals surface area contributed by atoms with Crippen LogP contribution in [0.2, 0.25) is 0 Å². The number of carbonyl (C=O) groups excluding carboxylic acids is 1. The summed E-state index contributed by atoms with van der Waals surface area (Å²) in [4.78, 5) is 14.8. The number of halogens is 3. The summed E-state index contributed by atoms with van der Waals surface area (Å²) in [5.41, 5.74) is 6.01. The number of alkyl halides is 3. The number of hydrogen-bond acceptors (Lipinski definition) is 5. The number of nitrogens with two attached hydrogens (primary N) is 1. The lowest BCUT2D eigenvalue weighted by molar-refractivity contribution is -0.276. The largest absolute Gasteiger partial charge is 0.574 e. The van der Waals surface area contributed by atoms with E-state index in [1.807, 2.05) is 0 Å². The van der Waals surface area contributed by atoms with Crippen LogP contribution in [-0.2, 0) is 22.5 Å². The van der Waals surface area contributed by atoms with Gasteiger partial charge in [-0.1, -0.05) is 0 Å². The molecular formula is C11H13F3N2O3. The van der Waals surface area contributed by atoms with Gasteiger partial charge >= 0.3 is 12.3 Å². The summed E-state index contributed by atoms with van der Waals surface area (Å²) in [5, 5.41) is 0. The van der Waals surface area contributed by atoms with Crippen LogP contribution in [0.4, 0.5) is 13.2 Å². The molecule has 5 nitrogen and oxygen atoms in total. The molecule has 0 spiro atoms. The van der Waals surface area contributed by atoms with Crippen molar-refractivity contribution in [2.75, 3.05) is 7.11 Å². The highest BCUT2D eigenvalue weighted by atomic mass is 19.4. The number of nitrogens with zero attached hydrogens (tertiary/aromatic N) is 1. The third-order valence-electron chi connectivity index (χ3n) is 2.37. The first kappa shape index (κ1) is 15.2. The molecule has 8 heteroatoms. The second-order valence-corrected chi connectivity index (χ2v) is 3.71. The minimum atomic E-state index is -4.85. The summed E-state index contributed by atoms with van der Waals surface area (Å²) in [7, 11) is 1.19. The fourth-order valence-electron chi connectivity index (χ4n) is 1.42. The Morgan fingerprint density at radius 2 is 2.11 bits per heavy atom. The molecule has 0 fully saturated rings. The van der Waals surface area contributed by atoms with Crippen LogP contribution in [0.25, 0.3) is 0 Å². The molecule has 0 unspecified atom stereocenters. The lowest BCUT2D eigenvalue weighted by Gasteiger charge is -2.14. The maximum atomic E-state index is 12.2. The van der Waals surface area contributed by atoms with E-state index in [0.717, 1.165) is 0 Å². The summed E-state index contributed by atoms with van der Waals surface area (Å²) in [6.45, 7) is 1.31. The Morgan fingerprint density at radius 3 is 2.58 bits per heavy atom. The van der Waals surface area contributed by atoms with Gasteiger partial charge in [0.05, 0.1) is 19.2 Å². The quantitative estimate of drug-likeness (QED) is 0.844. The molecule has 0 bridgehead atoms. The summed E-state index contributed by atoms with van der Waals surface area (Å²) in [6.07, 6.45) is -5.03. The van der Waals surface area contributed by atoms with E-state index in [0.29, 0.717) is 5.56 Å². The van der Waals surface area contributed by atoms with Crippen LogP contribution in [0, 0.1) is 6.92 Å². The van der Waals surface area contributed by atoms with E-state index in [9.17, 15) is 18.0 Å². The minimum absolute atomic E-state index is 0.0668. The first-order valence-electron chi connectivity index (χ1n) is 5.29. The lowest BCUT2D eigenvalue weighted by atomic mass is 10.1. The average Bonchev–Trinajstić information content (AvgIpc) is 2.32. The number of pyridine rings is 1. The normalized spacial score (nSPS) is 11.3. The number of rotatable bonds is 4.